The molecule has 1 aliphatic heterocycles. The summed E-state index contributed by atoms with van der Waals surface area (Å²) in [6.45, 7) is 0.705. The first-order valence-electron chi connectivity index (χ1n) is 3.35. The van der Waals surface area contributed by atoms with Gasteiger partial charge in [-0.1, -0.05) is 24.3 Å². The maximum absolute atomic E-state index is 5.34. The van der Waals surface area contributed by atoms with Crippen LogP contribution >= 0.6 is 0 Å². The Hall–Kier alpha value is -0.0582. The molecule has 1 aromatic rings. The van der Waals surface area contributed by atoms with Crippen molar-refractivity contribution in [1.82, 2.24) is 0 Å². The van der Waals surface area contributed by atoms with Gasteiger partial charge in [0.1, 0.15) is 12.4 Å². The topological polar surface area (TPSA) is 9.23 Å². The van der Waals surface area contributed by atoms with Crippen molar-refractivity contribution in [1.29, 1.82) is 0 Å². The van der Waals surface area contributed by atoms with Crippen LogP contribution in [0.3, 0.4) is 0 Å². The molecule has 60 valence electrons. The van der Waals surface area contributed by atoms with Crippen molar-refractivity contribution in [3.05, 3.63) is 35.9 Å². The van der Waals surface area contributed by atoms with Crippen LogP contribution in [-0.4, -0.2) is 24.6 Å². The van der Waals surface area contributed by atoms with Crippen molar-refractivity contribution in [2.24, 2.45) is 0 Å². The third kappa shape index (κ3) is 2.47. The summed E-state index contributed by atoms with van der Waals surface area (Å²) >= 11 is 0. The Bertz CT molecular complexity index is 273. The molecule has 3 heteroatoms. The van der Waals surface area contributed by atoms with Gasteiger partial charge in [-0.3, -0.25) is 0 Å². The van der Waals surface area contributed by atoms with E-state index in [2.05, 4.69) is 6.08 Å². The van der Waals surface area contributed by atoms with E-state index in [1.807, 2.05) is 30.3 Å². The molecule has 1 unspecified atom stereocenters. The van der Waals surface area contributed by atoms with Gasteiger partial charge in [0.25, 0.3) is 0 Å². The Kier molecular flexibility index (Phi) is 5.54. The molecule has 0 aliphatic carbocycles. The fraction of sp³-hybridized carbons (Fsp3) is 0.111. The summed E-state index contributed by atoms with van der Waals surface area (Å²) < 4.78 is 5.34. The molecule has 1 aliphatic rings. The number of hydrogen-bond donors (Lipinski definition) is 0. The molecule has 0 saturated heterocycles. The summed E-state index contributed by atoms with van der Waals surface area (Å²) in [6, 6.07) is 8.03. The van der Waals surface area contributed by atoms with E-state index in [4.69, 9.17) is 4.74 Å². The van der Waals surface area contributed by atoms with Gasteiger partial charge in [-0.25, -0.2) is 0 Å². The summed E-state index contributed by atoms with van der Waals surface area (Å²) in [5.74, 6) is 0.991. The molecule has 0 N–H and O–H groups in total. The fourth-order valence-corrected chi connectivity index (χ4v) is 1.06. The third-order valence-electron chi connectivity index (χ3n) is 1.55. The number of fused-ring (bicyclic) bond motifs is 1. The summed E-state index contributed by atoms with van der Waals surface area (Å²) in [6.07, 6.45) is 4.10. The van der Waals surface area contributed by atoms with E-state index in [0.29, 0.717) is 6.61 Å². The maximum atomic E-state index is 5.34. The molecular weight excluding hydrogens is 264 g/mol. The largest absolute Gasteiger partial charge is 0 e. The number of rotatable bonds is 0. The average molecular weight is 275 g/mol. The summed E-state index contributed by atoms with van der Waals surface area (Å²) in [5, 5.41) is 0. The van der Waals surface area contributed by atoms with Crippen LogP contribution in [0.2, 0.25) is 0 Å². The molecule has 1 heterocycles. The zero-order valence-electron chi connectivity index (χ0n) is 6.99. The van der Waals surface area contributed by atoms with Crippen molar-refractivity contribution in [2.75, 3.05) is 6.61 Å². The zero-order valence-corrected chi connectivity index (χ0v) is 12.9. The van der Waals surface area contributed by atoms with Gasteiger partial charge in [-0.05, 0) is 12.1 Å². The normalized spacial score (nSPS) is 11.7. The van der Waals surface area contributed by atoms with Crippen LogP contribution in [0.15, 0.2) is 30.3 Å². The Labute approximate surface area is 96.3 Å². The zero-order chi connectivity index (χ0) is 6.81. The standard InChI is InChI=1S/C9H8O.AsH3.Zn/c1-2-6-9-8(4-1)5-3-7-10-9;;/h1-6H,7H2;1H3;. The third-order valence-corrected chi connectivity index (χ3v) is 1.55. The van der Waals surface area contributed by atoms with Crippen LogP contribution in [0, 0.1) is 0 Å². The van der Waals surface area contributed by atoms with Crippen molar-refractivity contribution >= 4 is 24.0 Å². The quantitative estimate of drug-likeness (QED) is 0.640. The SMILES string of the molecule is C1=Cc2ccccc2OC1.[AsH3].[Zn]. The van der Waals surface area contributed by atoms with E-state index in [0.717, 1.165) is 5.75 Å². The van der Waals surface area contributed by atoms with E-state index in [1.54, 1.807) is 0 Å². The second kappa shape index (κ2) is 5.56. The molecule has 1 atom stereocenters. The molecular formula is C9H11AsOZn. The predicted molar refractivity (Wildman–Crippen MR) is 50.9 cm³/mol. The Morgan fingerprint density at radius 1 is 1.17 bits per heavy atom. The molecule has 0 aromatic heterocycles. The molecule has 1 nitrogen and oxygen atoms in total. The maximum Gasteiger partial charge on any atom is 0 e. The van der Waals surface area contributed by atoms with Gasteiger partial charge < -0.3 is 4.74 Å². The van der Waals surface area contributed by atoms with E-state index < -0.39 is 0 Å². The summed E-state index contributed by atoms with van der Waals surface area (Å²) in [7, 11) is 0. The van der Waals surface area contributed by atoms with Crippen LogP contribution in [0.5, 0.6) is 5.75 Å². The van der Waals surface area contributed by atoms with Crippen molar-refractivity contribution in [3.8, 4) is 5.75 Å². The van der Waals surface area contributed by atoms with Gasteiger partial charge in [0.2, 0.25) is 0 Å². The molecule has 12 heavy (non-hydrogen) atoms. The minimum absolute atomic E-state index is 0. The fourth-order valence-electron chi connectivity index (χ4n) is 1.06. The van der Waals surface area contributed by atoms with Gasteiger partial charge >= 0.3 is 18.0 Å². The molecule has 0 spiro atoms. The predicted octanol–water partition coefficient (Wildman–Crippen LogP) is 0.906. The van der Waals surface area contributed by atoms with Gasteiger partial charge in [-0.15, -0.1) is 0 Å². The van der Waals surface area contributed by atoms with Gasteiger partial charge in [0.05, 0.1) is 0 Å². The summed E-state index contributed by atoms with van der Waals surface area (Å²) in [5.41, 5.74) is 1.17. The van der Waals surface area contributed by atoms with Gasteiger partial charge in [-0.2, -0.15) is 0 Å². The van der Waals surface area contributed by atoms with Crippen LogP contribution < -0.4 is 4.74 Å². The van der Waals surface area contributed by atoms with Crippen molar-refractivity contribution < 1.29 is 24.2 Å². The first-order valence-corrected chi connectivity index (χ1v) is 3.35. The minimum Gasteiger partial charge on any atom is 0 e. The molecule has 2 rings (SSSR count). The molecule has 0 saturated carbocycles. The molecule has 0 amide bonds. The monoisotopic (exact) mass is 274 g/mol. The number of hydrogen-bond acceptors (Lipinski definition) is 1. The molecule has 0 fully saturated rings. The first-order chi connectivity index (χ1) is 4.97. The average Bonchev–Trinajstić information content (AvgIpc) is 2.05. The van der Waals surface area contributed by atoms with E-state index in [9.17, 15) is 0 Å². The van der Waals surface area contributed by atoms with E-state index in [1.165, 1.54) is 5.56 Å². The number of ether oxygens (including phenoxy) is 1. The van der Waals surface area contributed by atoms with Gasteiger partial charge in [0, 0.05) is 25.0 Å². The number of benzene rings is 1. The Balaban J connectivity index is 0.000000605. The van der Waals surface area contributed by atoms with Crippen LogP contribution in [-0.2, 0) is 19.5 Å². The van der Waals surface area contributed by atoms with Crippen molar-refractivity contribution in [3.63, 3.8) is 0 Å². The Morgan fingerprint density at radius 3 is 2.67 bits per heavy atom. The van der Waals surface area contributed by atoms with E-state index in [-0.39, 0.29) is 37.4 Å². The van der Waals surface area contributed by atoms with Crippen LogP contribution in [0.25, 0.3) is 6.08 Å². The molecule has 0 radical (unpaired) electrons. The molecule has 1 aromatic carbocycles. The van der Waals surface area contributed by atoms with E-state index >= 15 is 0 Å². The first kappa shape index (κ1) is 11.9. The minimum atomic E-state index is 0. The second-order valence-electron chi connectivity index (χ2n) is 2.25. The molecule has 0 bridgehead atoms. The Morgan fingerprint density at radius 2 is 1.92 bits per heavy atom. The van der Waals surface area contributed by atoms with Crippen molar-refractivity contribution in [2.45, 2.75) is 0 Å². The van der Waals surface area contributed by atoms with Crippen LogP contribution in [0.4, 0.5) is 0 Å². The number of para-hydroxylation sites is 1. The second-order valence-corrected chi connectivity index (χ2v) is 2.25. The smallest absolute Gasteiger partial charge is 0 e. The summed E-state index contributed by atoms with van der Waals surface area (Å²) in [4.78, 5) is 0. The van der Waals surface area contributed by atoms with Crippen LogP contribution in [0.1, 0.15) is 5.56 Å². The van der Waals surface area contributed by atoms with Gasteiger partial charge in [0.15, 0.2) is 0 Å².